The zero-order chi connectivity index (χ0) is 13.0. The van der Waals surface area contributed by atoms with Crippen molar-refractivity contribution in [3.05, 3.63) is 23.9 Å². The van der Waals surface area contributed by atoms with Crippen LogP contribution in [0.4, 0.5) is 5.82 Å². The highest BCUT2D eigenvalue weighted by Crippen LogP contribution is 2.16. The van der Waals surface area contributed by atoms with Crippen molar-refractivity contribution in [3.63, 3.8) is 0 Å². The van der Waals surface area contributed by atoms with Crippen LogP contribution in [0.2, 0.25) is 0 Å². The van der Waals surface area contributed by atoms with Gasteiger partial charge in [-0.05, 0) is 45.6 Å². The molecule has 18 heavy (non-hydrogen) atoms. The van der Waals surface area contributed by atoms with E-state index in [1.54, 1.807) is 0 Å². The molecule has 1 aromatic heterocycles. The molecule has 1 aliphatic heterocycles. The van der Waals surface area contributed by atoms with Gasteiger partial charge < -0.3 is 10.2 Å². The normalized spacial score (nSPS) is 21.2. The third-order valence-corrected chi connectivity index (χ3v) is 3.66. The van der Waals surface area contributed by atoms with Crippen LogP contribution in [0.1, 0.15) is 18.5 Å². The van der Waals surface area contributed by atoms with E-state index < -0.39 is 0 Å². The molecule has 4 nitrogen and oxygen atoms in total. The Kier molecular flexibility index (Phi) is 4.55. The molecule has 0 spiro atoms. The summed E-state index contributed by atoms with van der Waals surface area (Å²) in [6, 6.07) is 6.87. The first-order chi connectivity index (χ1) is 8.69. The lowest BCUT2D eigenvalue weighted by Crippen LogP contribution is -2.44. The fourth-order valence-electron chi connectivity index (χ4n) is 2.53. The number of nitrogens with zero attached hydrogens (tertiary/aromatic N) is 3. The molecule has 0 radical (unpaired) electrons. The number of aromatic nitrogens is 1. The molecule has 1 aromatic rings. The minimum absolute atomic E-state index is 0.686. The number of hydrogen-bond acceptors (Lipinski definition) is 4. The van der Waals surface area contributed by atoms with E-state index in [0.29, 0.717) is 6.04 Å². The molecular weight excluding hydrogens is 224 g/mol. The van der Waals surface area contributed by atoms with Crippen molar-refractivity contribution in [2.24, 2.45) is 0 Å². The van der Waals surface area contributed by atoms with Gasteiger partial charge in [0.05, 0.1) is 5.69 Å². The molecule has 1 saturated heterocycles. The van der Waals surface area contributed by atoms with Gasteiger partial charge in [0, 0.05) is 26.2 Å². The van der Waals surface area contributed by atoms with Crippen LogP contribution in [0.15, 0.2) is 18.2 Å². The third-order valence-electron chi connectivity index (χ3n) is 3.66. The van der Waals surface area contributed by atoms with E-state index >= 15 is 0 Å². The van der Waals surface area contributed by atoms with Gasteiger partial charge >= 0.3 is 0 Å². The molecule has 0 aliphatic carbocycles. The van der Waals surface area contributed by atoms with Crippen LogP contribution in [-0.2, 0) is 6.54 Å². The number of anilines is 1. The average molecular weight is 248 g/mol. The molecule has 1 aliphatic rings. The Balaban J connectivity index is 1.95. The molecule has 2 rings (SSSR count). The standard InChI is InChI=1S/C14H24N4/c1-15-14-8-4-6-12(16-14)10-18-9-5-7-13(11-18)17(2)3/h4,6,8,13H,5,7,9-11H2,1-3H3,(H,15,16). The van der Waals surface area contributed by atoms with E-state index in [9.17, 15) is 0 Å². The number of rotatable bonds is 4. The van der Waals surface area contributed by atoms with E-state index in [0.717, 1.165) is 24.6 Å². The largest absolute Gasteiger partial charge is 0.373 e. The summed E-state index contributed by atoms with van der Waals surface area (Å²) in [7, 11) is 6.26. The maximum absolute atomic E-state index is 4.59. The summed E-state index contributed by atoms with van der Waals surface area (Å²) in [6.45, 7) is 3.30. The zero-order valence-electron chi connectivity index (χ0n) is 11.7. The van der Waals surface area contributed by atoms with Gasteiger partial charge in [0.25, 0.3) is 0 Å². The summed E-state index contributed by atoms with van der Waals surface area (Å²) < 4.78 is 0. The fraction of sp³-hybridized carbons (Fsp3) is 0.643. The summed E-state index contributed by atoms with van der Waals surface area (Å²) in [4.78, 5) is 9.44. The molecule has 0 bridgehead atoms. The fourth-order valence-corrected chi connectivity index (χ4v) is 2.53. The second-order valence-electron chi connectivity index (χ2n) is 5.26. The van der Waals surface area contributed by atoms with Crippen LogP contribution >= 0.6 is 0 Å². The van der Waals surface area contributed by atoms with Gasteiger partial charge in [-0.2, -0.15) is 0 Å². The molecule has 1 N–H and O–H groups in total. The van der Waals surface area contributed by atoms with Gasteiger partial charge in [-0.15, -0.1) is 0 Å². The second kappa shape index (κ2) is 6.16. The van der Waals surface area contributed by atoms with Crippen LogP contribution in [0.3, 0.4) is 0 Å². The summed E-state index contributed by atoms with van der Waals surface area (Å²) in [5, 5.41) is 3.09. The number of nitrogens with one attached hydrogen (secondary N) is 1. The Morgan fingerprint density at radius 3 is 3.00 bits per heavy atom. The molecule has 4 heteroatoms. The van der Waals surface area contributed by atoms with Gasteiger partial charge in [0.15, 0.2) is 0 Å². The zero-order valence-corrected chi connectivity index (χ0v) is 11.7. The van der Waals surface area contributed by atoms with Crippen molar-refractivity contribution in [1.82, 2.24) is 14.8 Å². The monoisotopic (exact) mass is 248 g/mol. The molecular formula is C14H24N4. The molecule has 0 aromatic carbocycles. The predicted octanol–water partition coefficient (Wildman–Crippen LogP) is 1.65. The van der Waals surface area contributed by atoms with E-state index in [1.807, 2.05) is 13.1 Å². The van der Waals surface area contributed by atoms with Crippen LogP contribution in [0.25, 0.3) is 0 Å². The van der Waals surface area contributed by atoms with Gasteiger partial charge in [0.1, 0.15) is 5.82 Å². The predicted molar refractivity (Wildman–Crippen MR) is 75.8 cm³/mol. The second-order valence-corrected chi connectivity index (χ2v) is 5.26. The van der Waals surface area contributed by atoms with Crippen molar-refractivity contribution in [2.75, 3.05) is 39.5 Å². The summed E-state index contributed by atoms with van der Waals surface area (Å²) in [5.74, 6) is 0.952. The molecule has 1 fully saturated rings. The van der Waals surface area contributed by atoms with Crippen LogP contribution in [0, 0.1) is 0 Å². The van der Waals surface area contributed by atoms with Gasteiger partial charge in [-0.3, -0.25) is 4.90 Å². The lowest BCUT2D eigenvalue weighted by Gasteiger charge is -2.35. The first-order valence-electron chi connectivity index (χ1n) is 6.71. The quantitative estimate of drug-likeness (QED) is 0.878. The van der Waals surface area contributed by atoms with Gasteiger partial charge in [-0.1, -0.05) is 6.07 Å². The van der Waals surface area contributed by atoms with Gasteiger partial charge in [-0.25, -0.2) is 4.98 Å². The molecule has 2 heterocycles. The van der Waals surface area contributed by atoms with Crippen LogP contribution in [0.5, 0.6) is 0 Å². The van der Waals surface area contributed by atoms with E-state index in [-0.39, 0.29) is 0 Å². The third kappa shape index (κ3) is 3.43. The van der Waals surface area contributed by atoms with Crippen molar-refractivity contribution in [1.29, 1.82) is 0 Å². The smallest absolute Gasteiger partial charge is 0.126 e. The van der Waals surface area contributed by atoms with E-state index in [1.165, 1.54) is 19.4 Å². The Bertz CT molecular complexity index is 378. The molecule has 0 amide bonds. The molecule has 100 valence electrons. The highest BCUT2D eigenvalue weighted by atomic mass is 15.2. The Morgan fingerprint density at radius 2 is 2.28 bits per heavy atom. The van der Waals surface area contributed by atoms with Crippen molar-refractivity contribution < 1.29 is 0 Å². The number of pyridine rings is 1. The Hall–Kier alpha value is -1.13. The Morgan fingerprint density at radius 1 is 1.44 bits per heavy atom. The average Bonchev–Trinajstić information content (AvgIpc) is 2.39. The SMILES string of the molecule is CNc1cccc(CN2CCCC(N(C)C)C2)n1. The highest BCUT2D eigenvalue weighted by molar-refractivity contribution is 5.34. The van der Waals surface area contributed by atoms with Crippen molar-refractivity contribution in [3.8, 4) is 0 Å². The molecule has 1 atom stereocenters. The first kappa shape index (κ1) is 13.3. The number of piperidine rings is 1. The lowest BCUT2D eigenvalue weighted by molar-refractivity contribution is 0.127. The maximum atomic E-state index is 4.59. The van der Waals surface area contributed by atoms with Crippen molar-refractivity contribution in [2.45, 2.75) is 25.4 Å². The summed E-state index contributed by atoms with van der Waals surface area (Å²) in [5.41, 5.74) is 1.15. The summed E-state index contributed by atoms with van der Waals surface area (Å²) in [6.07, 6.45) is 2.60. The van der Waals surface area contributed by atoms with Crippen molar-refractivity contribution >= 4 is 5.82 Å². The Labute approximate surface area is 110 Å². The molecule has 1 unspecified atom stereocenters. The lowest BCUT2D eigenvalue weighted by atomic mass is 10.0. The number of likely N-dealkylation sites (tertiary alicyclic amines) is 1. The van der Waals surface area contributed by atoms with E-state index in [2.05, 4.69) is 46.3 Å². The summed E-state index contributed by atoms with van der Waals surface area (Å²) >= 11 is 0. The van der Waals surface area contributed by atoms with Gasteiger partial charge in [0.2, 0.25) is 0 Å². The van der Waals surface area contributed by atoms with E-state index in [4.69, 9.17) is 0 Å². The topological polar surface area (TPSA) is 31.4 Å². The maximum Gasteiger partial charge on any atom is 0.126 e. The number of hydrogen-bond donors (Lipinski definition) is 1. The minimum Gasteiger partial charge on any atom is -0.373 e. The number of likely N-dealkylation sites (N-methyl/N-ethyl adjacent to an activating group) is 1. The van der Waals surface area contributed by atoms with Crippen LogP contribution < -0.4 is 5.32 Å². The van der Waals surface area contributed by atoms with Crippen LogP contribution in [-0.4, -0.2) is 55.1 Å². The first-order valence-corrected chi connectivity index (χ1v) is 6.71. The minimum atomic E-state index is 0.686. The highest BCUT2D eigenvalue weighted by Gasteiger charge is 2.21. The molecule has 0 saturated carbocycles.